The quantitative estimate of drug-likeness (QED) is 0.632. The van der Waals surface area contributed by atoms with Gasteiger partial charge in [-0.2, -0.15) is 0 Å². The summed E-state index contributed by atoms with van der Waals surface area (Å²) in [5.41, 5.74) is 2.20. The third-order valence-corrected chi connectivity index (χ3v) is 5.15. The van der Waals surface area contributed by atoms with E-state index in [1.165, 1.54) is 0 Å². The van der Waals surface area contributed by atoms with E-state index in [9.17, 15) is 9.59 Å². The summed E-state index contributed by atoms with van der Waals surface area (Å²) >= 11 is 0. The van der Waals surface area contributed by atoms with E-state index in [1.807, 2.05) is 43.1 Å². The SMILES string of the molecule is CCOCc1ccc(CNC(=O)CN2CCCC(N(C)CC(=O)O)CC2)cc1. The molecule has 1 amide bonds. The van der Waals surface area contributed by atoms with Crippen molar-refractivity contribution in [1.82, 2.24) is 15.1 Å². The minimum absolute atomic E-state index is 0.0238. The minimum atomic E-state index is -0.797. The molecule has 0 spiro atoms. The number of ether oxygens (including phenoxy) is 1. The van der Waals surface area contributed by atoms with Crippen LogP contribution in [0, 0.1) is 0 Å². The summed E-state index contributed by atoms with van der Waals surface area (Å²) in [7, 11) is 1.86. The van der Waals surface area contributed by atoms with Gasteiger partial charge >= 0.3 is 5.97 Å². The van der Waals surface area contributed by atoms with E-state index in [-0.39, 0.29) is 18.5 Å². The van der Waals surface area contributed by atoms with Crippen molar-refractivity contribution in [3.05, 3.63) is 35.4 Å². The molecule has 7 nitrogen and oxygen atoms in total. The lowest BCUT2D eigenvalue weighted by atomic mass is 10.1. The van der Waals surface area contributed by atoms with Gasteiger partial charge in [0.15, 0.2) is 0 Å². The average Bonchev–Trinajstić information content (AvgIpc) is 2.90. The molecule has 2 N–H and O–H groups in total. The standard InChI is InChI=1S/C21H33N3O4/c1-3-28-16-18-8-6-17(7-9-18)13-22-20(25)14-24-11-4-5-19(10-12-24)23(2)15-21(26)27/h6-9,19H,3-5,10-16H2,1-2H3,(H,22,25)(H,26,27). The van der Waals surface area contributed by atoms with Crippen molar-refractivity contribution in [2.24, 2.45) is 0 Å². The number of rotatable bonds is 10. The van der Waals surface area contributed by atoms with Gasteiger partial charge in [0.05, 0.1) is 19.7 Å². The highest BCUT2D eigenvalue weighted by molar-refractivity contribution is 5.78. The molecular formula is C21H33N3O4. The van der Waals surface area contributed by atoms with Crippen LogP contribution in [0.25, 0.3) is 0 Å². The van der Waals surface area contributed by atoms with Crippen molar-refractivity contribution >= 4 is 11.9 Å². The van der Waals surface area contributed by atoms with Gasteiger partial charge in [0, 0.05) is 25.7 Å². The third-order valence-electron chi connectivity index (χ3n) is 5.15. The highest BCUT2D eigenvalue weighted by atomic mass is 16.5. The molecule has 0 bridgehead atoms. The number of carbonyl (C=O) groups excluding carboxylic acids is 1. The predicted molar refractivity (Wildman–Crippen MR) is 108 cm³/mol. The number of carboxylic acids is 1. The summed E-state index contributed by atoms with van der Waals surface area (Å²) in [6.45, 7) is 5.94. The molecule has 0 saturated carbocycles. The zero-order chi connectivity index (χ0) is 20.4. The molecule has 0 aliphatic carbocycles. The van der Waals surface area contributed by atoms with Crippen LogP contribution in [-0.2, 0) is 27.5 Å². The van der Waals surface area contributed by atoms with Gasteiger partial charge in [0.2, 0.25) is 5.91 Å². The molecule has 1 atom stereocenters. The van der Waals surface area contributed by atoms with Crippen LogP contribution in [0.2, 0.25) is 0 Å². The summed E-state index contributed by atoms with van der Waals surface area (Å²) in [6.07, 6.45) is 2.83. The van der Waals surface area contributed by atoms with Crippen molar-refractivity contribution < 1.29 is 19.4 Å². The van der Waals surface area contributed by atoms with Crippen molar-refractivity contribution in [3.63, 3.8) is 0 Å². The van der Waals surface area contributed by atoms with Crippen LogP contribution in [-0.4, -0.2) is 72.7 Å². The first-order valence-corrected chi connectivity index (χ1v) is 10.0. The first-order valence-electron chi connectivity index (χ1n) is 10.0. The predicted octanol–water partition coefficient (Wildman–Crippen LogP) is 1.71. The number of carbonyl (C=O) groups is 2. The van der Waals surface area contributed by atoms with E-state index in [0.29, 0.717) is 26.3 Å². The first-order chi connectivity index (χ1) is 13.5. The number of likely N-dealkylation sites (N-methyl/N-ethyl adjacent to an activating group) is 1. The average molecular weight is 392 g/mol. The van der Waals surface area contributed by atoms with Gasteiger partial charge < -0.3 is 15.2 Å². The number of carboxylic acid groups (broad SMARTS) is 1. The highest BCUT2D eigenvalue weighted by Crippen LogP contribution is 2.15. The van der Waals surface area contributed by atoms with Crippen molar-refractivity contribution in [3.8, 4) is 0 Å². The van der Waals surface area contributed by atoms with Gasteiger partial charge in [-0.25, -0.2) is 0 Å². The largest absolute Gasteiger partial charge is 0.480 e. The van der Waals surface area contributed by atoms with Gasteiger partial charge in [-0.1, -0.05) is 24.3 Å². The Labute approximate surface area is 167 Å². The molecule has 1 aromatic carbocycles. The Balaban J connectivity index is 1.72. The third kappa shape index (κ3) is 7.96. The second-order valence-corrected chi connectivity index (χ2v) is 7.40. The van der Waals surface area contributed by atoms with Crippen molar-refractivity contribution in [1.29, 1.82) is 0 Å². The number of benzene rings is 1. The Bertz CT molecular complexity index is 621. The molecule has 1 aliphatic heterocycles. The molecule has 1 unspecified atom stereocenters. The molecule has 7 heteroatoms. The Morgan fingerprint density at radius 1 is 1.21 bits per heavy atom. The monoisotopic (exact) mass is 391 g/mol. The molecule has 0 radical (unpaired) electrons. The number of hydrogen-bond donors (Lipinski definition) is 2. The molecule has 1 aliphatic rings. The van der Waals surface area contributed by atoms with E-state index in [0.717, 1.165) is 43.5 Å². The van der Waals surface area contributed by atoms with Crippen molar-refractivity contribution in [2.45, 2.75) is 45.4 Å². The Kier molecular flexibility index (Phi) is 9.40. The van der Waals surface area contributed by atoms with Gasteiger partial charge in [-0.05, 0) is 50.9 Å². The number of amides is 1. The zero-order valence-electron chi connectivity index (χ0n) is 17.0. The second-order valence-electron chi connectivity index (χ2n) is 7.40. The lowest BCUT2D eigenvalue weighted by Gasteiger charge is -2.25. The summed E-state index contributed by atoms with van der Waals surface area (Å²) in [5.74, 6) is -0.773. The number of likely N-dealkylation sites (tertiary alicyclic amines) is 1. The maximum atomic E-state index is 12.3. The van der Waals surface area contributed by atoms with Gasteiger partial charge in [-0.3, -0.25) is 19.4 Å². The number of nitrogens with zero attached hydrogens (tertiary/aromatic N) is 2. The fraction of sp³-hybridized carbons (Fsp3) is 0.619. The highest BCUT2D eigenvalue weighted by Gasteiger charge is 2.22. The number of aliphatic carboxylic acids is 1. The first kappa shape index (κ1) is 22.3. The van der Waals surface area contributed by atoms with E-state index in [4.69, 9.17) is 9.84 Å². The summed E-state index contributed by atoms with van der Waals surface area (Å²) in [4.78, 5) is 27.3. The maximum Gasteiger partial charge on any atom is 0.317 e. The van der Waals surface area contributed by atoms with E-state index < -0.39 is 5.97 Å². The normalized spacial score (nSPS) is 18.0. The van der Waals surface area contributed by atoms with Crippen LogP contribution >= 0.6 is 0 Å². The molecule has 1 saturated heterocycles. The topological polar surface area (TPSA) is 82.1 Å². The molecule has 1 aromatic rings. The summed E-state index contributed by atoms with van der Waals surface area (Å²) in [6, 6.07) is 8.35. The van der Waals surface area contributed by atoms with Crippen LogP contribution < -0.4 is 5.32 Å². The van der Waals surface area contributed by atoms with Crippen molar-refractivity contribution in [2.75, 3.05) is 39.8 Å². The Morgan fingerprint density at radius 2 is 1.93 bits per heavy atom. The van der Waals surface area contributed by atoms with E-state index in [1.54, 1.807) is 0 Å². The molecule has 1 heterocycles. The van der Waals surface area contributed by atoms with Crippen LogP contribution in [0.1, 0.15) is 37.3 Å². The number of hydrogen-bond acceptors (Lipinski definition) is 5. The lowest BCUT2D eigenvalue weighted by Crippen LogP contribution is -2.39. The summed E-state index contributed by atoms with van der Waals surface area (Å²) in [5, 5.41) is 11.9. The van der Waals surface area contributed by atoms with E-state index >= 15 is 0 Å². The fourth-order valence-corrected chi connectivity index (χ4v) is 3.51. The Morgan fingerprint density at radius 3 is 2.61 bits per heavy atom. The molecule has 1 fully saturated rings. The van der Waals surface area contributed by atoms with Gasteiger partial charge in [0.1, 0.15) is 0 Å². The lowest BCUT2D eigenvalue weighted by molar-refractivity contribution is -0.138. The minimum Gasteiger partial charge on any atom is -0.480 e. The fourth-order valence-electron chi connectivity index (χ4n) is 3.51. The van der Waals surface area contributed by atoms with Gasteiger partial charge in [-0.15, -0.1) is 0 Å². The molecule has 0 aromatic heterocycles. The molecule has 156 valence electrons. The molecular weight excluding hydrogens is 358 g/mol. The van der Waals surface area contributed by atoms with Gasteiger partial charge in [0.25, 0.3) is 0 Å². The zero-order valence-corrected chi connectivity index (χ0v) is 17.0. The molecule has 28 heavy (non-hydrogen) atoms. The smallest absolute Gasteiger partial charge is 0.317 e. The maximum absolute atomic E-state index is 12.3. The van der Waals surface area contributed by atoms with Crippen LogP contribution in [0.4, 0.5) is 0 Å². The molecule has 2 rings (SSSR count). The van der Waals surface area contributed by atoms with Crippen LogP contribution in [0.15, 0.2) is 24.3 Å². The second kappa shape index (κ2) is 11.8. The Hall–Kier alpha value is -1.96. The summed E-state index contributed by atoms with van der Waals surface area (Å²) < 4.78 is 5.39. The number of nitrogens with one attached hydrogen (secondary N) is 1. The van der Waals surface area contributed by atoms with E-state index in [2.05, 4.69) is 10.2 Å². The van der Waals surface area contributed by atoms with Crippen LogP contribution in [0.5, 0.6) is 0 Å². The van der Waals surface area contributed by atoms with Crippen LogP contribution in [0.3, 0.4) is 0 Å².